The van der Waals surface area contributed by atoms with Gasteiger partial charge in [-0.2, -0.15) is 5.26 Å². The maximum Gasteiger partial charge on any atom is 0.255 e. The van der Waals surface area contributed by atoms with E-state index in [0.29, 0.717) is 24.7 Å². The monoisotopic (exact) mass is 434 g/mol. The maximum absolute atomic E-state index is 12.9. The third-order valence-corrected chi connectivity index (χ3v) is 7.78. The first-order valence-corrected chi connectivity index (χ1v) is 11.5. The van der Waals surface area contributed by atoms with Crippen molar-refractivity contribution in [1.29, 1.82) is 5.26 Å². The first-order chi connectivity index (χ1) is 15.4. The van der Waals surface area contributed by atoms with Gasteiger partial charge in [0.15, 0.2) is 0 Å². The molecule has 2 fully saturated rings. The van der Waals surface area contributed by atoms with Gasteiger partial charge in [-0.1, -0.05) is 0 Å². The summed E-state index contributed by atoms with van der Waals surface area (Å²) in [6.07, 6.45) is 3.57. The Hall–Kier alpha value is -2.92. The van der Waals surface area contributed by atoms with Crippen molar-refractivity contribution in [3.05, 3.63) is 44.0 Å². The van der Waals surface area contributed by atoms with Gasteiger partial charge in [0.25, 0.3) is 5.56 Å². The molecule has 2 aromatic heterocycles. The summed E-state index contributed by atoms with van der Waals surface area (Å²) in [6.45, 7) is 10.5. The van der Waals surface area contributed by atoms with Crippen molar-refractivity contribution < 1.29 is 4.74 Å². The summed E-state index contributed by atoms with van der Waals surface area (Å²) in [4.78, 5) is 30.1. The van der Waals surface area contributed by atoms with Crippen LogP contribution in [0.1, 0.15) is 52.9 Å². The highest BCUT2D eigenvalue weighted by atomic mass is 16.5. The predicted octanol–water partition coefficient (Wildman–Crippen LogP) is 2.28. The summed E-state index contributed by atoms with van der Waals surface area (Å²) in [5.41, 5.74) is 5.55. The highest BCUT2D eigenvalue weighted by Gasteiger charge is 2.44. The van der Waals surface area contributed by atoms with E-state index in [4.69, 9.17) is 14.7 Å². The maximum atomic E-state index is 12.9. The van der Waals surface area contributed by atoms with Gasteiger partial charge in [0, 0.05) is 42.9 Å². The average Bonchev–Trinajstić information content (AvgIpc) is 3.17. The highest BCUT2D eigenvalue weighted by molar-refractivity contribution is 5.61. The fourth-order valence-electron chi connectivity index (χ4n) is 5.49. The lowest BCUT2D eigenvalue weighted by molar-refractivity contribution is 0.122. The summed E-state index contributed by atoms with van der Waals surface area (Å²) in [6, 6.07) is 2.38. The molecule has 8 nitrogen and oxygen atoms in total. The van der Waals surface area contributed by atoms with E-state index in [1.807, 2.05) is 20.8 Å². The standard InChI is InChI=1S/C24H30N6O2/c1-15-16(2)19(14-25)21(26-17(15)3)29-8-6-24(7-9-29)5-4-18-20(24)27-23(28-22(18)31)30-10-12-32-13-11-30/h4-13H2,1-3H3,(H,27,28,31). The Morgan fingerprint density at radius 2 is 1.72 bits per heavy atom. The van der Waals surface area contributed by atoms with Crippen molar-refractivity contribution in [2.75, 3.05) is 49.2 Å². The Morgan fingerprint density at radius 3 is 2.41 bits per heavy atom. The number of fused-ring (bicyclic) bond motifs is 2. The molecule has 0 amide bonds. The van der Waals surface area contributed by atoms with Gasteiger partial charge < -0.3 is 14.5 Å². The number of morpholine rings is 1. The number of aromatic amines is 1. The van der Waals surface area contributed by atoms with Gasteiger partial charge >= 0.3 is 0 Å². The van der Waals surface area contributed by atoms with Crippen LogP contribution in [-0.2, 0) is 16.6 Å². The molecule has 0 aromatic carbocycles. The van der Waals surface area contributed by atoms with E-state index in [-0.39, 0.29) is 11.0 Å². The van der Waals surface area contributed by atoms with E-state index >= 15 is 0 Å². The minimum atomic E-state index is -0.0667. The Morgan fingerprint density at radius 1 is 1.00 bits per heavy atom. The number of hydrogen-bond donors (Lipinski definition) is 1. The van der Waals surface area contributed by atoms with Gasteiger partial charge in [0.05, 0.1) is 24.5 Å². The van der Waals surface area contributed by atoms with Crippen LogP contribution in [0.2, 0.25) is 0 Å². The molecule has 0 bridgehead atoms. The molecule has 0 atom stereocenters. The lowest BCUT2D eigenvalue weighted by Crippen LogP contribution is -2.44. The number of ether oxygens (including phenoxy) is 1. The minimum Gasteiger partial charge on any atom is -0.378 e. The van der Waals surface area contributed by atoms with Gasteiger partial charge in [-0.15, -0.1) is 0 Å². The summed E-state index contributed by atoms with van der Waals surface area (Å²) in [5, 5.41) is 9.79. The second kappa shape index (κ2) is 7.89. The van der Waals surface area contributed by atoms with E-state index < -0.39 is 0 Å². The van der Waals surface area contributed by atoms with Crippen LogP contribution in [0.4, 0.5) is 11.8 Å². The molecule has 2 saturated heterocycles. The van der Waals surface area contributed by atoms with Crippen LogP contribution >= 0.6 is 0 Å². The number of nitriles is 1. The normalized spacial score (nSPS) is 19.8. The molecular weight excluding hydrogens is 404 g/mol. The van der Waals surface area contributed by atoms with E-state index in [1.54, 1.807) is 0 Å². The fraction of sp³-hybridized carbons (Fsp3) is 0.583. The van der Waals surface area contributed by atoms with Crippen LogP contribution in [0.15, 0.2) is 4.79 Å². The Balaban J connectivity index is 1.44. The van der Waals surface area contributed by atoms with Crippen LogP contribution < -0.4 is 15.4 Å². The van der Waals surface area contributed by atoms with Gasteiger partial charge in [-0.3, -0.25) is 9.78 Å². The van der Waals surface area contributed by atoms with Gasteiger partial charge in [0.1, 0.15) is 11.9 Å². The molecule has 2 aliphatic heterocycles. The quantitative estimate of drug-likeness (QED) is 0.774. The Bertz CT molecular complexity index is 1150. The molecule has 3 aliphatic rings. The molecule has 32 heavy (non-hydrogen) atoms. The van der Waals surface area contributed by atoms with Gasteiger partial charge in [0.2, 0.25) is 5.95 Å². The predicted molar refractivity (Wildman–Crippen MR) is 122 cm³/mol. The third kappa shape index (κ3) is 3.27. The fourth-order valence-corrected chi connectivity index (χ4v) is 5.49. The van der Waals surface area contributed by atoms with E-state index in [9.17, 15) is 10.1 Å². The number of hydrogen-bond acceptors (Lipinski definition) is 7. The number of pyridine rings is 1. The zero-order chi connectivity index (χ0) is 22.5. The number of nitrogens with one attached hydrogen (secondary N) is 1. The number of aromatic nitrogens is 3. The topological polar surface area (TPSA) is 98.1 Å². The van der Waals surface area contributed by atoms with Crippen molar-refractivity contribution in [2.24, 2.45) is 0 Å². The van der Waals surface area contributed by atoms with Crippen molar-refractivity contribution in [3.63, 3.8) is 0 Å². The van der Waals surface area contributed by atoms with E-state index in [1.165, 1.54) is 0 Å². The van der Waals surface area contributed by atoms with Crippen molar-refractivity contribution >= 4 is 11.8 Å². The number of piperidine rings is 1. The molecule has 8 heteroatoms. The zero-order valence-corrected chi connectivity index (χ0v) is 19.1. The van der Waals surface area contributed by atoms with E-state index in [0.717, 1.165) is 85.8 Å². The highest BCUT2D eigenvalue weighted by Crippen LogP contribution is 2.45. The summed E-state index contributed by atoms with van der Waals surface area (Å²) in [7, 11) is 0. The molecule has 1 aliphatic carbocycles. The van der Waals surface area contributed by atoms with Crippen LogP contribution in [0.5, 0.6) is 0 Å². The number of H-pyrrole nitrogens is 1. The SMILES string of the molecule is Cc1nc(N2CCC3(CCc4c3nc(N3CCOCC3)[nH]c4=O)CC2)c(C#N)c(C)c1C. The molecule has 168 valence electrons. The van der Waals surface area contributed by atoms with Crippen molar-refractivity contribution in [1.82, 2.24) is 15.0 Å². The van der Waals surface area contributed by atoms with Crippen LogP contribution in [-0.4, -0.2) is 54.3 Å². The lowest BCUT2D eigenvalue weighted by Gasteiger charge is -2.40. The largest absolute Gasteiger partial charge is 0.378 e. The smallest absolute Gasteiger partial charge is 0.255 e. The van der Waals surface area contributed by atoms with Gasteiger partial charge in [-0.05, 0) is 57.6 Å². The minimum absolute atomic E-state index is 0.00835. The van der Waals surface area contributed by atoms with Crippen LogP contribution in [0.25, 0.3) is 0 Å². The Kier molecular flexibility index (Phi) is 5.17. The molecule has 0 saturated carbocycles. The number of rotatable bonds is 2. The molecule has 2 aromatic rings. The first-order valence-electron chi connectivity index (χ1n) is 11.5. The lowest BCUT2D eigenvalue weighted by atomic mass is 9.76. The second-order valence-corrected chi connectivity index (χ2v) is 9.34. The average molecular weight is 435 g/mol. The van der Waals surface area contributed by atoms with Crippen LogP contribution in [0.3, 0.4) is 0 Å². The molecular formula is C24H30N6O2. The van der Waals surface area contributed by atoms with Crippen molar-refractivity contribution in [2.45, 2.75) is 51.9 Å². The Labute approximate surface area is 188 Å². The number of aryl methyl sites for hydroxylation is 1. The van der Waals surface area contributed by atoms with Crippen molar-refractivity contribution in [3.8, 4) is 6.07 Å². The third-order valence-electron chi connectivity index (χ3n) is 7.78. The summed E-state index contributed by atoms with van der Waals surface area (Å²) < 4.78 is 5.45. The molecule has 4 heterocycles. The second-order valence-electron chi connectivity index (χ2n) is 9.34. The summed E-state index contributed by atoms with van der Waals surface area (Å²) >= 11 is 0. The molecule has 0 unspecified atom stereocenters. The number of nitrogens with zero attached hydrogens (tertiary/aromatic N) is 5. The molecule has 0 radical (unpaired) electrons. The van der Waals surface area contributed by atoms with Gasteiger partial charge in [-0.25, -0.2) is 9.97 Å². The van der Waals surface area contributed by atoms with E-state index in [2.05, 4.69) is 20.9 Å². The molecule has 1 spiro atoms. The van der Waals surface area contributed by atoms with Crippen LogP contribution in [0, 0.1) is 32.1 Å². The molecule has 5 rings (SSSR count). The molecule has 1 N–H and O–H groups in total. The summed E-state index contributed by atoms with van der Waals surface area (Å²) in [5.74, 6) is 1.48. The number of anilines is 2. The zero-order valence-electron chi connectivity index (χ0n) is 19.1. The first kappa shape index (κ1) is 21.0.